The number of hydrogen-bond acceptors (Lipinski definition) is 2. The minimum Gasteiger partial charge on any atom is -0.244 e. The Hall–Kier alpha value is -9.76. The van der Waals surface area contributed by atoms with Crippen LogP contribution in [0.4, 0.5) is 0 Å². The lowest BCUT2D eigenvalue weighted by molar-refractivity contribution is 0.794. The average molecular weight is 961 g/mol. The lowest BCUT2D eigenvalue weighted by Crippen LogP contribution is -2.25. The summed E-state index contributed by atoms with van der Waals surface area (Å²) in [6, 6.07) is 99.2. The van der Waals surface area contributed by atoms with Crippen molar-refractivity contribution in [2.75, 3.05) is 0 Å². The Morgan fingerprint density at radius 1 is 0.197 bits per heavy atom. The van der Waals surface area contributed by atoms with E-state index in [9.17, 15) is 0 Å². The molecule has 1 heterocycles. The summed E-state index contributed by atoms with van der Waals surface area (Å²) in [4.78, 5) is 11.0. The molecule has 0 aliphatic heterocycles. The fourth-order valence-electron chi connectivity index (χ4n) is 14.3. The third-order valence-corrected chi connectivity index (χ3v) is 17.5. The lowest BCUT2D eigenvalue weighted by Gasteiger charge is -2.30. The van der Waals surface area contributed by atoms with Crippen molar-refractivity contribution in [3.63, 3.8) is 0 Å². The van der Waals surface area contributed by atoms with Gasteiger partial charge in [-0.25, -0.2) is 9.97 Å². The van der Waals surface area contributed by atoms with Crippen LogP contribution in [0, 0.1) is 0 Å². The zero-order chi connectivity index (χ0) is 49.7. The van der Waals surface area contributed by atoms with Crippen molar-refractivity contribution in [1.29, 1.82) is 0 Å². The predicted molar refractivity (Wildman–Crippen MR) is 311 cm³/mol. The fraction of sp³-hybridized carbons (Fsp3) is 0.0270. The van der Waals surface area contributed by atoms with Crippen molar-refractivity contribution < 1.29 is 0 Å². The number of nitrogens with zero attached hydrogens (tertiary/aromatic N) is 2. The zero-order valence-corrected chi connectivity index (χ0v) is 41.3. The molecule has 0 radical (unpaired) electrons. The first-order chi connectivity index (χ1) is 37.7. The second-order valence-electron chi connectivity index (χ2n) is 21.1. The third-order valence-electron chi connectivity index (χ3n) is 17.5. The van der Waals surface area contributed by atoms with Crippen molar-refractivity contribution in [3.8, 4) is 89.3 Å². The molecule has 0 unspecified atom stereocenters. The van der Waals surface area contributed by atoms with Crippen LogP contribution in [0.15, 0.2) is 267 Å². The number of rotatable bonds is 4. The monoisotopic (exact) mass is 960 g/mol. The molecule has 12 aromatic carbocycles. The van der Waals surface area contributed by atoms with Gasteiger partial charge in [-0.15, -0.1) is 0 Å². The summed E-state index contributed by atoms with van der Waals surface area (Å²) in [7, 11) is 0. The van der Waals surface area contributed by atoms with Crippen molar-refractivity contribution in [3.05, 3.63) is 311 Å². The summed E-state index contributed by atoms with van der Waals surface area (Å²) in [5, 5.41) is 2.30. The van der Waals surface area contributed by atoms with Crippen LogP contribution in [-0.4, -0.2) is 9.97 Å². The van der Waals surface area contributed by atoms with E-state index in [1.165, 1.54) is 100 Å². The van der Waals surface area contributed by atoms with Crippen LogP contribution in [0.5, 0.6) is 0 Å². The van der Waals surface area contributed by atoms with Gasteiger partial charge < -0.3 is 0 Å². The predicted octanol–water partition coefficient (Wildman–Crippen LogP) is 18.1. The maximum atomic E-state index is 5.49. The van der Waals surface area contributed by atoms with Crippen molar-refractivity contribution in [2.24, 2.45) is 0 Å². The van der Waals surface area contributed by atoms with Crippen LogP contribution in [0.25, 0.3) is 111 Å². The molecule has 0 saturated heterocycles. The number of hydrogen-bond donors (Lipinski definition) is 0. The van der Waals surface area contributed by atoms with Crippen LogP contribution in [0.3, 0.4) is 0 Å². The van der Waals surface area contributed by atoms with Gasteiger partial charge in [-0.1, -0.05) is 243 Å². The van der Waals surface area contributed by atoms with Gasteiger partial charge in [0.2, 0.25) is 0 Å². The molecule has 0 saturated carbocycles. The van der Waals surface area contributed by atoms with Crippen LogP contribution < -0.4 is 0 Å². The first-order valence-electron chi connectivity index (χ1n) is 26.5. The Labute approximate surface area is 441 Å². The molecule has 17 rings (SSSR count). The van der Waals surface area contributed by atoms with E-state index in [0.717, 1.165) is 55.4 Å². The van der Waals surface area contributed by atoms with Crippen LogP contribution in [0.1, 0.15) is 44.5 Å². The minimum absolute atomic E-state index is 0.395. The highest BCUT2D eigenvalue weighted by Gasteiger charge is 2.53. The molecule has 1 aromatic heterocycles. The summed E-state index contributed by atoms with van der Waals surface area (Å²) >= 11 is 0. The van der Waals surface area contributed by atoms with Gasteiger partial charge in [0.05, 0.1) is 33.3 Å². The molecule has 2 nitrogen and oxygen atoms in total. The summed E-state index contributed by atoms with van der Waals surface area (Å²) < 4.78 is 0. The van der Waals surface area contributed by atoms with E-state index < -0.39 is 10.8 Å². The molecule has 0 bridgehead atoms. The smallest absolute Gasteiger partial charge is 0.0973 e. The number of aromatic nitrogens is 2. The zero-order valence-electron chi connectivity index (χ0n) is 41.3. The van der Waals surface area contributed by atoms with Gasteiger partial charge in [0, 0.05) is 11.1 Å². The standard InChI is InChI=1S/C74H44N2/c1-2-16-50-44-70-69(43-49(50)15-1)75-71(47-33-29-45(30-34-47)51-37-39-59-57-21-7-13-27-65(57)73(67(59)41-51)61-23-9-3-17-53(61)54-18-4-10-24-62(54)73)72(76-70)48-35-31-46(32-36-48)52-38-40-60-58-22-8-14-28-66(58)74(68(60)42-52)63-25-11-5-19-55(63)56-20-6-12-26-64(56)74/h1-44H. The molecule has 0 atom stereocenters. The van der Waals surface area contributed by atoms with E-state index in [1.54, 1.807) is 0 Å². The number of fused-ring (bicyclic) bond motifs is 22. The quantitative estimate of drug-likeness (QED) is 0.164. The molecule has 13 aromatic rings. The van der Waals surface area contributed by atoms with E-state index in [4.69, 9.17) is 9.97 Å². The maximum Gasteiger partial charge on any atom is 0.0973 e. The van der Waals surface area contributed by atoms with E-state index in [2.05, 4.69) is 267 Å². The lowest BCUT2D eigenvalue weighted by atomic mass is 9.70. The van der Waals surface area contributed by atoms with Crippen molar-refractivity contribution in [2.45, 2.75) is 10.8 Å². The largest absolute Gasteiger partial charge is 0.244 e. The second-order valence-corrected chi connectivity index (χ2v) is 21.1. The van der Waals surface area contributed by atoms with Gasteiger partial charge in [-0.3, -0.25) is 0 Å². The van der Waals surface area contributed by atoms with Gasteiger partial charge in [0.15, 0.2) is 0 Å². The van der Waals surface area contributed by atoms with Crippen LogP contribution in [-0.2, 0) is 10.8 Å². The highest BCUT2D eigenvalue weighted by molar-refractivity contribution is 6.00. The molecule has 2 spiro atoms. The molecule has 4 aliphatic rings. The third kappa shape index (κ3) is 5.44. The number of benzene rings is 12. The Morgan fingerprint density at radius 3 is 0.763 bits per heavy atom. The van der Waals surface area contributed by atoms with Crippen molar-refractivity contribution >= 4 is 21.8 Å². The molecule has 350 valence electrons. The van der Waals surface area contributed by atoms with E-state index in [0.29, 0.717) is 0 Å². The van der Waals surface area contributed by atoms with Crippen molar-refractivity contribution in [1.82, 2.24) is 9.97 Å². The molecule has 4 aliphatic carbocycles. The Morgan fingerprint density at radius 2 is 0.447 bits per heavy atom. The van der Waals surface area contributed by atoms with Gasteiger partial charge in [-0.2, -0.15) is 0 Å². The normalized spacial score (nSPS) is 14.0. The first-order valence-corrected chi connectivity index (χ1v) is 26.5. The van der Waals surface area contributed by atoms with Gasteiger partial charge >= 0.3 is 0 Å². The summed E-state index contributed by atoms with van der Waals surface area (Å²) in [5.74, 6) is 0. The van der Waals surface area contributed by atoms with Gasteiger partial charge in [-0.05, 0) is 146 Å². The summed E-state index contributed by atoms with van der Waals surface area (Å²) in [6.07, 6.45) is 0. The molecular weight excluding hydrogens is 917 g/mol. The second kappa shape index (κ2) is 15.4. The van der Waals surface area contributed by atoms with E-state index >= 15 is 0 Å². The van der Waals surface area contributed by atoms with Crippen LogP contribution in [0.2, 0.25) is 0 Å². The summed E-state index contributed by atoms with van der Waals surface area (Å²) in [5.41, 5.74) is 30.7. The molecule has 2 heteroatoms. The SMILES string of the molecule is c1ccc2c(c1)-c1ccccc1C21c2ccccc2-c2ccc(-c3ccc(-c4nc5cc6ccccc6cc5nc4-c4ccc(-c5ccc6c(c5)C5(c7ccccc7-c7ccccc75)c5ccccc5-6)cc4)cc3)cc21. The Kier molecular flexibility index (Phi) is 8.44. The highest BCUT2D eigenvalue weighted by atomic mass is 14.8. The summed E-state index contributed by atoms with van der Waals surface area (Å²) in [6.45, 7) is 0. The maximum absolute atomic E-state index is 5.49. The Bertz CT molecular complexity index is 4210. The molecular formula is C74H44N2. The van der Waals surface area contributed by atoms with E-state index in [-0.39, 0.29) is 0 Å². The average Bonchev–Trinajstić information content (AvgIpc) is 4.30. The molecule has 76 heavy (non-hydrogen) atoms. The molecule has 0 N–H and O–H groups in total. The fourth-order valence-corrected chi connectivity index (χ4v) is 14.3. The van der Waals surface area contributed by atoms with Gasteiger partial charge in [0.25, 0.3) is 0 Å². The molecule has 0 amide bonds. The van der Waals surface area contributed by atoms with E-state index in [1.807, 2.05) is 0 Å². The van der Waals surface area contributed by atoms with Crippen LogP contribution >= 0.6 is 0 Å². The first kappa shape index (κ1) is 41.7. The minimum atomic E-state index is -0.395. The highest BCUT2D eigenvalue weighted by Crippen LogP contribution is 2.65. The Balaban J connectivity index is 0.778. The molecule has 0 fully saturated rings. The topological polar surface area (TPSA) is 25.8 Å². The van der Waals surface area contributed by atoms with Gasteiger partial charge in [0.1, 0.15) is 0 Å².